The summed E-state index contributed by atoms with van der Waals surface area (Å²) in [6, 6.07) is 7.96. The predicted octanol–water partition coefficient (Wildman–Crippen LogP) is 4.45. The Morgan fingerprint density at radius 2 is 2.26 bits per heavy atom. The molecule has 0 saturated heterocycles. The van der Waals surface area contributed by atoms with Crippen LogP contribution in [0.1, 0.15) is 36.3 Å². The average molecular weight is 293 g/mol. The molecule has 1 aliphatic carbocycles. The van der Waals surface area contributed by atoms with Crippen molar-refractivity contribution in [3.63, 3.8) is 0 Å². The fourth-order valence-electron chi connectivity index (χ4n) is 2.15. The summed E-state index contributed by atoms with van der Waals surface area (Å²) in [7, 11) is 0. The molecule has 2 aromatic rings. The van der Waals surface area contributed by atoms with E-state index in [1.54, 1.807) is 11.3 Å². The number of benzene rings is 1. The molecule has 1 N–H and O–H groups in total. The predicted molar refractivity (Wildman–Crippen MR) is 81.9 cm³/mol. The maximum Gasteiger partial charge on any atom is 0.123 e. The van der Waals surface area contributed by atoms with Crippen molar-refractivity contribution in [2.45, 2.75) is 32.2 Å². The third kappa shape index (κ3) is 2.99. The molecule has 0 aliphatic heterocycles. The van der Waals surface area contributed by atoms with Gasteiger partial charge in [0.2, 0.25) is 0 Å². The van der Waals surface area contributed by atoms with Crippen molar-refractivity contribution >= 4 is 22.9 Å². The van der Waals surface area contributed by atoms with E-state index in [0.717, 1.165) is 28.7 Å². The van der Waals surface area contributed by atoms with E-state index in [9.17, 15) is 0 Å². The molecule has 1 saturated carbocycles. The van der Waals surface area contributed by atoms with Crippen LogP contribution in [0.5, 0.6) is 0 Å². The fraction of sp³-hybridized carbons (Fsp3) is 0.400. The Balaban J connectivity index is 1.93. The molecular weight excluding hydrogens is 276 g/mol. The molecule has 0 amide bonds. The Labute approximate surface area is 122 Å². The Hall–Kier alpha value is -0.900. The fourth-order valence-corrected chi connectivity index (χ4v) is 3.45. The van der Waals surface area contributed by atoms with Crippen LogP contribution < -0.4 is 5.32 Å². The Morgan fingerprint density at radius 1 is 1.42 bits per heavy atom. The monoisotopic (exact) mass is 292 g/mol. The molecule has 0 unspecified atom stereocenters. The number of aromatic nitrogens is 1. The third-order valence-corrected chi connectivity index (χ3v) is 4.65. The molecule has 100 valence electrons. The van der Waals surface area contributed by atoms with Crippen LogP contribution in [-0.2, 0) is 6.54 Å². The maximum atomic E-state index is 6.06. The average Bonchev–Trinajstić information content (AvgIpc) is 3.17. The van der Waals surface area contributed by atoms with Gasteiger partial charge in [-0.05, 0) is 31.5 Å². The largest absolute Gasteiger partial charge is 0.312 e. The van der Waals surface area contributed by atoms with E-state index in [2.05, 4.69) is 18.3 Å². The van der Waals surface area contributed by atoms with E-state index in [-0.39, 0.29) is 0 Å². The lowest BCUT2D eigenvalue weighted by atomic mass is 10.2. The summed E-state index contributed by atoms with van der Waals surface area (Å²) in [5.74, 6) is 0.692. The van der Waals surface area contributed by atoms with Crippen LogP contribution in [0.15, 0.2) is 24.3 Å². The first-order valence-corrected chi connectivity index (χ1v) is 7.93. The molecular formula is C15H17ClN2S. The molecule has 0 bridgehead atoms. The van der Waals surface area contributed by atoms with Crippen molar-refractivity contribution in [1.29, 1.82) is 0 Å². The maximum absolute atomic E-state index is 6.06. The van der Waals surface area contributed by atoms with Gasteiger partial charge in [-0.3, -0.25) is 0 Å². The summed E-state index contributed by atoms with van der Waals surface area (Å²) in [6.45, 7) is 4.06. The lowest BCUT2D eigenvalue weighted by molar-refractivity contribution is 0.727. The Bertz CT molecular complexity index is 575. The number of thiazole rings is 1. The summed E-state index contributed by atoms with van der Waals surface area (Å²) in [6.07, 6.45) is 2.58. The molecule has 1 aromatic carbocycles. The molecule has 0 spiro atoms. The summed E-state index contributed by atoms with van der Waals surface area (Å²) >= 11 is 7.86. The lowest BCUT2D eigenvalue weighted by Gasteiger charge is -2.00. The molecule has 0 radical (unpaired) electrons. The first kappa shape index (κ1) is 13.1. The molecule has 19 heavy (non-hydrogen) atoms. The Kier molecular flexibility index (Phi) is 3.87. The van der Waals surface area contributed by atoms with Crippen LogP contribution in [0, 0.1) is 0 Å². The highest BCUT2D eigenvalue weighted by Gasteiger charge is 2.29. The van der Waals surface area contributed by atoms with Gasteiger partial charge in [-0.1, -0.05) is 30.7 Å². The van der Waals surface area contributed by atoms with E-state index >= 15 is 0 Å². The van der Waals surface area contributed by atoms with Crippen LogP contribution in [0.2, 0.25) is 5.02 Å². The zero-order chi connectivity index (χ0) is 13.2. The number of hydrogen-bond donors (Lipinski definition) is 1. The van der Waals surface area contributed by atoms with Crippen molar-refractivity contribution in [3.8, 4) is 10.6 Å². The van der Waals surface area contributed by atoms with E-state index in [1.165, 1.54) is 23.4 Å². The number of halogens is 1. The minimum absolute atomic E-state index is 0.692. The third-order valence-electron chi connectivity index (χ3n) is 3.30. The van der Waals surface area contributed by atoms with Gasteiger partial charge in [-0.25, -0.2) is 4.98 Å². The van der Waals surface area contributed by atoms with Crippen molar-refractivity contribution < 1.29 is 0 Å². The highest BCUT2D eigenvalue weighted by atomic mass is 35.5. The van der Waals surface area contributed by atoms with Crippen molar-refractivity contribution in [3.05, 3.63) is 39.9 Å². The van der Waals surface area contributed by atoms with Crippen molar-refractivity contribution in [2.24, 2.45) is 0 Å². The minimum atomic E-state index is 0.692. The zero-order valence-corrected chi connectivity index (χ0v) is 12.5. The standard InChI is InChI=1S/C15H17ClN2S/c1-2-17-9-13-14(10-6-7-10)18-15(19-13)11-4-3-5-12(16)8-11/h3-5,8,10,17H,2,6-7,9H2,1H3. The molecule has 3 rings (SSSR count). The van der Waals surface area contributed by atoms with Crippen molar-refractivity contribution in [2.75, 3.05) is 6.54 Å². The smallest absolute Gasteiger partial charge is 0.123 e. The van der Waals surface area contributed by atoms with E-state index < -0.39 is 0 Å². The van der Waals surface area contributed by atoms with Gasteiger partial charge >= 0.3 is 0 Å². The second-order valence-corrected chi connectivity index (χ2v) is 6.41. The molecule has 1 fully saturated rings. The van der Waals surface area contributed by atoms with Gasteiger partial charge < -0.3 is 5.32 Å². The quantitative estimate of drug-likeness (QED) is 0.880. The summed E-state index contributed by atoms with van der Waals surface area (Å²) in [5, 5.41) is 5.27. The minimum Gasteiger partial charge on any atom is -0.312 e. The summed E-state index contributed by atoms with van der Waals surface area (Å²) in [4.78, 5) is 6.24. The van der Waals surface area contributed by atoms with Gasteiger partial charge in [0.1, 0.15) is 5.01 Å². The molecule has 2 nitrogen and oxygen atoms in total. The molecule has 1 aromatic heterocycles. The topological polar surface area (TPSA) is 24.9 Å². The van der Waals surface area contributed by atoms with Crippen molar-refractivity contribution in [1.82, 2.24) is 10.3 Å². The SMILES string of the molecule is CCNCc1sc(-c2cccc(Cl)c2)nc1C1CC1. The number of nitrogens with one attached hydrogen (secondary N) is 1. The lowest BCUT2D eigenvalue weighted by Crippen LogP contribution is -2.11. The normalized spacial score (nSPS) is 14.8. The van der Waals surface area contributed by atoms with Crippen LogP contribution in [0.4, 0.5) is 0 Å². The highest BCUT2D eigenvalue weighted by molar-refractivity contribution is 7.15. The molecule has 0 atom stereocenters. The van der Waals surface area contributed by atoms with E-state index in [0.29, 0.717) is 5.92 Å². The van der Waals surface area contributed by atoms with Gasteiger partial charge in [0, 0.05) is 27.9 Å². The first-order valence-electron chi connectivity index (χ1n) is 6.74. The number of hydrogen-bond acceptors (Lipinski definition) is 3. The molecule has 1 aliphatic rings. The van der Waals surface area contributed by atoms with Crippen LogP contribution >= 0.6 is 22.9 Å². The van der Waals surface area contributed by atoms with Gasteiger partial charge in [-0.15, -0.1) is 11.3 Å². The summed E-state index contributed by atoms with van der Waals surface area (Å²) < 4.78 is 0. The van der Waals surface area contributed by atoms with Crippen LogP contribution in [0.25, 0.3) is 10.6 Å². The number of nitrogens with zero attached hydrogens (tertiary/aromatic N) is 1. The number of rotatable bonds is 5. The van der Waals surface area contributed by atoms with E-state index in [4.69, 9.17) is 16.6 Å². The summed E-state index contributed by atoms with van der Waals surface area (Å²) in [5.41, 5.74) is 2.43. The van der Waals surface area contributed by atoms with Gasteiger partial charge in [0.25, 0.3) is 0 Å². The molecule has 1 heterocycles. The highest BCUT2D eigenvalue weighted by Crippen LogP contribution is 2.44. The first-order chi connectivity index (χ1) is 9.28. The van der Waals surface area contributed by atoms with Gasteiger partial charge in [0.15, 0.2) is 0 Å². The zero-order valence-electron chi connectivity index (χ0n) is 10.9. The van der Waals surface area contributed by atoms with Crippen LogP contribution in [0.3, 0.4) is 0 Å². The Morgan fingerprint density at radius 3 is 2.95 bits per heavy atom. The molecule has 4 heteroatoms. The van der Waals surface area contributed by atoms with Crippen LogP contribution in [-0.4, -0.2) is 11.5 Å². The van der Waals surface area contributed by atoms with Gasteiger partial charge in [0.05, 0.1) is 5.69 Å². The van der Waals surface area contributed by atoms with Gasteiger partial charge in [-0.2, -0.15) is 0 Å². The second kappa shape index (κ2) is 5.61. The van der Waals surface area contributed by atoms with E-state index in [1.807, 2.05) is 18.2 Å². The second-order valence-electron chi connectivity index (χ2n) is 4.89.